The molecule has 0 aliphatic heterocycles. The summed E-state index contributed by atoms with van der Waals surface area (Å²) in [6, 6.07) is 0. The zero-order valence-corrected chi connectivity index (χ0v) is 39.8. The van der Waals surface area contributed by atoms with Crippen molar-refractivity contribution in [2.45, 2.75) is 232 Å². The predicted octanol–water partition coefficient (Wildman–Crippen LogP) is 13.7. The van der Waals surface area contributed by atoms with Crippen LogP contribution < -0.4 is 0 Å². The molecular weight excluding hydrogens is 792 g/mol. The Labute approximate surface area is 373 Å². The normalized spacial score (nSPS) is 14.1. The monoisotopic (exact) mass is 883 g/mol. The Bertz CT molecular complexity index is 1150. The van der Waals surface area contributed by atoms with Crippen LogP contribution in [0.5, 0.6) is 0 Å². The third kappa shape index (κ3) is 44.3. The third-order valence-corrected chi connectivity index (χ3v) is 11.5. The van der Waals surface area contributed by atoms with Gasteiger partial charge in [0, 0.05) is 12.8 Å². The van der Waals surface area contributed by atoms with Crippen LogP contribution in [0, 0.1) is 0 Å². The van der Waals surface area contributed by atoms with E-state index in [9.17, 15) is 29.3 Å². The average molecular weight is 883 g/mol. The molecule has 356 valence electrons. The van der Waals surface area contributed by atoms with Crippen molar-refractivity contribution in [1.82, 2.24) is 0 Å². The fourth-order valence-corrected chi connectivity index (χ4v) is 7.60. The molecule has 0 heterocycles. The van der Waals surface area contributed by atoms with Gasteiger partial charge < -0.3 is 24.6 Å². The lowest BCUT2D eigenvalue weighted by Gasteiger charge is -2.20. The van der Waals surface area contributed by atoms with Gasteiger partial charge in [0.15, 0.2) is 0 Å². The van der Waals surface area contributed by atoms with Gasteiger partial charge >= 0.3 is 19.8 Å². The molecule has 0 aromatic rings. The van der Waals surface area contributed by atoms with Gasteiger partial charge in [-0.05, 0) is 51.4 Å². The highest BCUT2D eigenvalue weighted by atomic mass is 31.2. The summed E-state index contributed by atoms with van der Waals surface area (Å²) in [5.74, 6) is -1.06. The van der Waals surface area contributed by atoms with Crippen LogP contribution in [0.25, 0.3) is 0 Å². The molecule has 3 N–H and O–H groups in total. The number of unbranched alkanes of at least 4 members (excludes halogenated alkanes) is 24. The second-order valence-electron chi connectivity index (χ2n) is 16.4. The minimum absolute atomic E-state index is 0.139. The van der Waals surface area contributed by atoms with E-state index < -0.39 is 58.4 Å². The van der Waals surface area contributed by atoms with Crippen LogP contribution in [-0.2, 0) is 32.7 Å². The number of allylic oxidation sites excluding steroid dienone is 8. The van der Waals surface area contributed by atoms with Crippen molar-refractivity contribution in [2.24, 2.45) is 0 Å². The van der Waals surface area contributed by atoms with Crippen LogP contribution in [0.2, 0.25) is 0 Å². The number of aliphatic hydroxyl groups is 2. The van der Waals surface area contributed by atoms with Crippen molar-refractivity contribution in [3.63, 3.8) is 0 Å². The van der Waals surface area contributed by atoms with E-state index in [0.29, 0.717) is 12.8 Å². The van der Waals surface area contributed by atoms with E-state index in [1.165, 1.54) is 122 Å². The molecule has 0 amide bonds. The second kappa shape index (κ2) is 45.9. The molecule has 0 aromatic heterocycles. The first-order valence-electron chi connectivity index (χ1n) is 24.6. The molecule has 3 unspecified atom stereocenters. The first-order chi connectivity index (χ1) is 29.8. The molecule has 0 aromatic carbocycles. The molecule has 0 rings (SSSR count). The minimum atomic E-state index is -4.65. The molecule has 61 heavy (non-hydrogen) atoms. The molecule has 0 radical (unpaired) electrons. The molecule has 0 spiro atoms. The summed E-state index contributed by atoms with van der Waals surface area (Å²) in [6.45, 7) is 2.07. The van der Waals surface area contributed by atoms with E-state index in [1.807, 2.05) is 0 Å². The number of rotatable bonds is 46. The first-order valence-corrected chi connectivity index (χ1v) is 26.1. The molecule has 0 aliphatic carbocycles. The van der Waals surface area contributed by atoms with E-state index >= 15 is 0 Å². The van der Waals surface area contributed by atoms with Crippen molar-refractivity contribution in [3.05, 3.63) is 48.6 Å². The number of carbonyl (C=O) groups excluding carboxylic acids is 2. The van der Waals surface area contributed by atoms with E-state index in [4.69, 9.17) is 18.5 Å². The van der Waals surface area contributed by atoms with E-state index in [0.717, 1.165) is 57.8 Å². The number of aliphatic hydroxyl groups excluding tert-OH is 2. The number of esters is 2. The van der Waals surface area contributed by atoms with Crippen molar-refractivity contribution in [2.75, 3.05) is 26.4 Å². The second-order valence-corrected chi connectivity index (χ2v) is 17.9. The fourth-order valence-electron chi connectivity index (χ4n) is 6.81. The van der Waals surface area contributed by atoms with Crippen molar-refractivity contribution in [3.8, 4) is 0 Å². The maximum absolute atomic E-state index is 12.4. The summed E-state index contributed by atoms with van der Waals surface area (Å²) in [5, 5.41) is 19.2. The van der Waals surface area contributed by atoms with Crippen molar-refractivity contribution < 1.29 is 47.8 Å². The molecule has 0 saturated heterocycles. The van der Waals surface area contributed by atoms with Gasteiger partial charge in [-0.3, -0.25) is 18.6 Å². The van der Waals surface area contributed by atoms with Gasteiger partial charge in [-0.15, -0.1) is 0 Å². The Kier molecular flexibility index (Phi) is 44.4. The first kappa shape index (κ1) is 58.9. The molecular formula is C50H91O10P. The highest BCUT2D eigenvalue weighted by molar-refractivity contribution is 7.47. The largest absolute Gasteiger partial charge is 0.472 e. The quantitative estimate of drug-likeness (QED) is 0.0233. The molecule has 11 heteroatoms. The van der Waals surface area contributed by atoms with Crippen LogP contribution in [0.1, 0.15) is 219 Å². The maximum Gasteiger partial charge on any atom is 0.472 e. The number of phosphoric acid groups is 1. The number of ether oxygens (including phenoxy) is 2. The molecule has 3 atom stereocenters. The number of hydrogen-bond acceptors (Lipinski definition) is 9. The van der Waals surface area contributed by atoms with E-state index in [1.54, 1.807) is 0 Å². The Morgan fingerprint density at radius 3 is 1.11 bits per heavy atom. The zero-order chi connectivity index (χ0) is 44.8. The van der Waals surface area contributed by atoms with Gasteiger partial charge in [0.25, 0.3) is 0 Å². The van der Waals surface area contributed by atoms with Crippen LogP contribution in [0.3, 0.4) is 0 Å². The topological polar surface area (TPSA) is 149 Å². The summed E-state index contributed by atoms with van der Waals surface area (Å²) in [7, 11) is -4.65. The van der Waals surface area contributed by atoms with Gasteiger partial charge in [-0.2, -0.15) is 0 Å². The predicted molar refractivity (Wildman–Crippen MR) is 251 cm³/mol. The van der Waals surface area contributed by atoms with Crippen LogP contribution in [0.15, 0.2) is 48.6 Å². The highest BCUT2D eigenvalue weighted by Gasteiger charge is 2.27. The lowest BCUT2D eigenvalue weighted by Crippen LogP contribution is -2.28. The highest BCUT2D eigenvalue weighted by Crippen LogP contribution is 2.43. The minimum Gasteiger partial charge on any atom is -0.457 e. The van der Waals surface area contributed by atoms with Gasteiger partial charge in [-0.25, -0.2) is 4.57 Å². The summed E-state index contributed by atoms with van der Waals surface area (Å²) in [4.78, 5) is 34.6. The van der Waals surface area contributed by atoms with Gasteiger partial charge in [0.1, 0.15) is 12.2 Å². The molecule has 0 fully saturated rings. The fraction of sp³-hybridized carbons (Fsp3) is 0.800. The molecule has 0 aliphatic rings. The lowest BCUT2D eigenvalue weighted by molar-refractivity contribution is -0.153. The molecule has 0 bridgehead atoms. The third-order valence-electron chi connectivity index (χ3n) is 10.6. The van der Waals surface area contributed by atoms with Crippen LogP contribution in [-0.4, -0.2) is 65.7 Å². The Morgan fingerprint density at radius 1 is 0.459 bits per heavy atom. The van der Waals surface area contributed by atoms with Gasteiger partial charge in [0.2, 0.25) is 0 Å². The standard InChI is InChI=1S/C50H91O10P/c1-3-5-7-9-11-13-15-17-19-20-21-22-23-24-25-26-28-30-32-34-36-38-40-42-50(54)60-48(44-52)46-58-61(55,56)57-45-47(43-51)59-49(53)41-39-37-35-33-31-29-27-18-16-14-12-10-8-6-4-2/h6,8,12,14,18,27,31,33,47-48,51-52H,3-5,7,9-11,13,15-17,19-26,28-30,32,34-46H2,1-2H3,(H,55,56)/b8-6-,14-12-,27-18-,33-31-. The lowest BCUT2D eigenvalue weighted by atomic mass is 10.0. The average Bonchev–Trinajstić information content (AvgIpc) is 3.25. The molecule has 10 nitrogen and oxygen atoms in total. The smallest absolute Gasteiger partial charge is 0.457 e. The number of carbonyl (C=O) groups is 2. The summed E-state index contributed by atoms with van der Waals surface area (Å²) >= 11 is 0. The summed E-state index contributed by atoms with van der Waals surface area (Å²) in [6.07, 6.45) is 51.0. The summed E-state index contributed by atoms with van der Waals surface area (Å²) in [5.41, 5.74) is 0. The zero-order valence-electron chi connectivity index (χ0n) is 38.9. The van der Waals surface area contributed by atoms with Gasteiger partial charge in [0.05, 0.1) is 26.4 Å². The van der Waals surface area contributed by atoms with Crippen LogP contribution in [0.4, 0.5) is 0 Å². The molecule has 0 saturated carbocycles. The van der Waals surface area contributed by atoms with Crippen molar-refractivity contribution in [1.29, 1.82) is 0 Å². The number of phosphoric ester groups is 1. The SMILES string of the molecule is CC/C=C\C/C=C\C/C=C\C/C=C\CCCCC(=O)OC(CO)COP(=O)(O)OCC(CO)OC(=O)CCCCCCCCCCCCCCCCCCCCCCCCC. The van der Waals surface area contributed by atoms with Crippen molar-refractivity contribution >= 4 is 19.8 Å². The van der Waals surface area contributed by atoms with E-state index in [-0.39, 0.29) is 12.8 Å². The Hall–Kier alpha value is -2.07. The maximum atomic E-state index is 12.4. The Balaban J connectivity index is 3.85. The van der Waals surface area contributed by atoms with Gasteiger partial charge in [-0.1, -0.05) is 204 Å². The van der Waals surface area contributed by atoms with Crippen LogP contribution >= 0.6 is 7.82 Å². The Morgan fingerprint density at radius 2 is 0.770 bits per heavy atom. The number of hydrogen-bond donors (Lipinski definition) is 3. The summed E-state index contributed by atoms with van der Waals surface area (Å²) < 4.78 is 32.6. The van der Waals surface area contributed by atoms with E-state index in [2.05, 4.69) is 62.5 Å².